The molecule has 0 spiro atoms. The van der Waals surface area contributed by atoms with Crippen molar-refractivity contribution in [2.45, 2.75) is 33.6 Å². The van der Waals surface area contributed by atoms with Gasteiger partial charge in [-0.2, -0.15) is 0 Å². The molecule has 0 aliphatic heterocycles. The van der Waals surface area contributed by atoms with Crippen molar-refractivity contribution in [2.75, 3.05) is 40.3 Å². The number of hydrogen-bond acceptors (Lipinski definition) is 3. The van der Waals surface area contributed by atoms with Crippen LogP contribution in [0.5, 0.6) is 0 Å². The molecule has 1 N–H and O–H groups in total. The summed E-state index contributed by atoms with van der Waals surface area (Å²) in [6.07, 6.45) is 1.98. The Balaban J connectivity index is 3.95. The van der Waals surface area contributed by atoms with E-state index in [1.165, 1.54) is 4.90 Å². The van der Waals surface area contributed by atoms with Crippen molar-refractivity contribution >= 4 is 11.8 Å². The molecular weight excluding hydrogens is 242 g/mol. The third-order valence-electron chi connectivity index (χ3n) is 2.87. The molecule has 0 aromatic rings. The first kappa shape index (κ1) is 17.9. The third-order valence-corrected chi connectivity index (χ3v) is 2.87. The van der Waals surface area contributed by atoms with Crippen LogP contribution in [-0.2, 0) is 9.59 Å². The molecular formula is C14H29N3O2. The summed E-state index contributed by atoms with van der Waals surface area (Å²) >= 11 is 0. The molecule has 0 radical (unpaired) electrons. The van der Waals surface area contributed by atoms with Crippen molar-refractivity contribution in [2.24, 2.45) is 5.92 Å². The van der Waals surface area contributed by atoms with Crippen LogP contribution in [0.2, 0.25) is 0 Å². The van der Waals surface area contributed by atoms with E-state index in [9.17, 15) is 9.59 Å². The van der Waals surface area contributed by atoms with Crippen molar-refractivity contribution in [3.05, 3.63) is 0 Å². The van der Waals surface area contributed by atoms with E-state index in [1.807, 2.05) is 18.9 Å². The number of hydrogen-bond donors (Lipinski definition) is 1. The Bertz CT molecular complexity index is 280. The van der Waals surface area contributed by atoms with Gasteiger partial charge in [-0.15, -0.1) is 0 Å². The van der Waals surface area contributed by atoms with Crippen LogP contribution in [-0.4, -0.2) is 61.9 Å². The molecule has 0 saturated carbocycles. The Labute approximate surface area is 117 Å². The summed E-state index contributed by atoms with van der Waals surface area (Å²) < 4.78 is 0. The number of rotatable bonds is 9. The lowest BCUT2D eigenvalue weighted by molar-refractivity contribution is -0.135. The maximum absolute atomic E-state index is 11.9. The largest absolute Gasteiger partial charge is 0.355 e. The third kappa shape index (κ3) is 9.47. The fourth-order valence-corrected chi connectivity index (χ4v) is 1.53. The quantitative estimate of drug-likeness (QED) is 0.679. The average Bonchev–Trinajstić information content (AvgIpc) is 2.33. The molecule has 0 aromatic heterocycles. The maximum atomic E-state index is 11.9. The lowest BCUT2D eigenvalue weighted by atomic mass is 10.1. The smallest absolute Gasteiger partial charge is 0.239 e. The number of amides is 2. The highest BCUT2D eigenvalue weighted by atomic mass is 16.2. The minimum atomic E-state index is -0.0949. The second-order valence-corrected chi connectivity index (χ2v) is 5.52. The lowest BCUT2D eigenvalue weighted by Gasteiger charge is -2.22. The number of nitrogens with zero attached hydrogens (tertiary/aromatic N) is 2. The Morgan fingerprint density at radius 3 is 2.32 bits per heavy atom. The van der Waals surface area contributed by atoms with Crippen LogP contribution in [0.25, 0.3) is 0 Å². The van der Waals surface area contributed by atoms with Crippen LogP contribution in [0, 0.1) is 5.92 Å². The Hall–Kier alpha value is -1.10. The molecule has 0 saturated heterocycles. The minimum absolute atomic E-state index is 0.0158. The van der Waals surface area contributed by atoms with Gasteiger partial charge in [0.2, 0.25) is 11.8 Å². The molecule has 5 heteroatoms. The molecule has 5 nitrogen and oxygen atoms in total. The van der Waals surface area contributed by atoms with E-state index >= 15 is 0 Å². The summed E-state index contributed by atoms with van der Waals surface area (Å²) in [7, 11) is 3.61. The Morgan fingerprint density at radius 2 is 1.79 bits per heavy atom. The van der Waals surface area contributed by atoms with Gasteiger partial charge < -0.3 is 10.2 Å². The fourth-order valence-electron chi connectivity index (χ4n) is 1.53. The van der Waals surface area contributed by atoms with E-state index in [0.29, 0.717) is 19.0 Å². The molecule has 0 rings (SSSR count). The molecule has 0 bridgehead atoms. The van der Waals surface area contributed by atoms with E-state index < -0.39 is 0 Å². The molecule has 0 aromatic carbocycles. The average molecular weight is 271 g/mol. The van der Waals surface area contributed by atoms with Gasteiger partial charge in [0.15, 0.2) is 0 Å². The van der Waals surface area contributed by atoms with Gasteiger partial charge in [-0.05, 0) is 32.4 Å². The molecule has 0 heterocycles. The van der Waals surface area contributed by atoms with Crippen molar-refractivity contribution in [1.29, 1.82) is 0 Å². The van der Waals surface area contributed by atoms with Gasteiger partial charge in [-0.3, -0.25) is 14.5 Å². The normalized spacial score (nSPS) is 10.9. The van der Waals surface area contributed by atoms with Gasteiger partial charge >= 0.3 is 0 Å². The highest BCUT2D eigenvalue weighted by Gasteiger charge is 2.14. The van der Waals surface area contributed by atoms with Crippen molar-refractivity contribution in [3.8, 4) is 0 Å². The van der Waals surface area contributed by atoms with Crippen LogP contribution in [0.1, 0.15) is 33.6 Å². The molecule has 0 aliphatic carbocycles. The predicted octanol–water partition coefficient (Wildman–Crippen LogP) is 0.949. The molecule has 0 fully saturated rings. The van der Waals surface area contributed by atoms with Crippen molar-refractivity contribution < 1.29 is 9.59 Å². The molecule has 0 unspecified atom stereocenters. The summed E-state index contributed by atoms with van der Waals surface area (Å²) in [5, 5.41) is 2.77. The summed E-state index contributed by atoms with van der Waals surface area (Å²) in [6.45, 7) is 8.40. The van der Waals surface area contributed by atoms with Crippen LogP contribution >= 0.6 is 0 Å². The first-order valence-corrected chi connectivity index (χ1v) is 7.06. The minimum Gasteiger partial charge on any atom is -0.355 e. The van der Waals surface area contributed by atoms with E-state index in [4.69, 9.17) is 0 Å². The summed E-state index contributed by atoms with van der Waals surface area (Å²) in [6, 6.07) is 0. The highest BCUT2D eigenvalue weighted by molar-refractivity contribution is 5.85. The topological polar surface area (TPSA) is 52.7 Å². The van der Waals surface area contributed by atoms with Crippen molar-refractivity contribution in [3.63, 3.8) is 0 Å². The predicted molar refractivity (Wildman–Crippen MR) is 77.9 cm³/mol. The van der Waals surface area contributed by atoms with E-state index in [0.717, 1.165) is 19.4 Å². The Morgan fingerprint density at radius 1 is 1.16 bits per heavy atom. The fraction of sp³-hybridized carbons (Fsp3) is 0.857. The zero-order chi connectivity index (χ0) is 14.8. The van der Waals surface area contributed by atoms with E-state index in [1.54, 1.807) is 7.05 Å². The summed E-state index contributed by atoms with van der Waals surface area (Å²) in [5.41, 5.74) is 0. The van der Waals surface area contributed by atoms with Crippen LogP contribution in [0.3, 0.4) is 0 Å². The Kier molecular flexibility index (Phi) is 9.21. The molecule has 112 valence electrons. The number of nitrogens with one attached hydrogen (secondary N) is 1. The molecule has 0 aliphatic rings. The summed E-state index contributed by atoms with van der Waals surface area (Å²) in [5.74, 6) is 0.524. The highest BCUT2D eigenvalue weighted by Crippen LogP contribution is 2.00. The summed E-state index contributed by atoms with van der Waals surface area (Å²) in [4.78, 5) is 26.9. The van der Waals surface area contributed by atoms with Gasteiger partial charge in [-0.1, -0.05) is 20.8 Å². The van der Waals surface area contributed by atoms with Gasteiger partial charge in [0, 0.05) is 13.6 Å². The van der Waals surface area contributed by atoms with Crippen LogP contribution in [0.15, 0.2) is 0 Å². The SMILES string of the molecule is CCCNC(=O)CN(C)C(=O)CN(C)CCC(C)C. The van der Waals surface area contributed by atoms with E-state index in [-0.39, 0.29) is 18.4 Å². The van der Waals surface area contributed by atoms with Crippen LogP contribution in [0.4, 0.5) is 0 Å². The van der Waals surface area contributed by atoms with Crippen LogP contribution < -0.4 is 5.32 Å². The molecule has 2 amide bonds. The second kappa shape index (κ2) is 9.78. The first-order valence-electron chi connectivity index (χ1n) is 7.06. The zero-order valence-corrected chi connectivity index (χ0v) is 13.0. The van der Waals surface area contributed by atoms with Gasteiger partial charge in [0.05, 0.1) is 13.1 Å². The second-order valence-electron chi connectivity index (χ2n) is 5.52. The van der Waals surface area contributed by atoms with Crippen molar-refractivity contribution in [1.82, 2.24) is 15.1 Å². The van der Waals surface area contributed by atoms with Gasteiger partial charge in [0.25, 0.3) is 0 Å². The first-order chi connectivity index (χ1) is 8.86. The lowest BCUT2D eigenvalue weighted by Crippen LogP contribution is -2.42. The van der Waals surface area contributed by atoms with E-state index in [2.05, 4.69) is 19.2 Å². The maximum Gasteiger partial charge on any atom is 0.239 e. The van der Waals surface area contributed by atoms with Gasteiger partial charge in [-0.25, -0.2) is 0 Å². The number of carbonyl (C=O) groups excluding carboxylic acids is 2. The molecule has 19 heavy (non-hydrogen) atoms. The standard InChI is InChI=1S/C14H29N3O2/c1-6-8-15-13(18)10-17(5)14(19)11-16(4)9-7-12(2)3/h12H,6-11H2,1-5H3,(H,15,18). The molecule has 0 atom stereocenters. The number of carbonyl (C=O) groups is 2. The van der Waals surface area contributed by atoms with Gasteiger partial charge in [0.1, 0.15) is 0 Å². The zero-order valence-electron chi connectivity index (χ0n) is 13.0. The number of likely N-dealkylation sites (N-methyl/N-ethyl adjacent to an activating group) is 2. The monoisotopic (exact) mass is 271 g/mol.